The van der Waals surface area contributed by atoms with Crippen LogP contribution in [0.15, 0.2) is 36.5 Å². The smallest absolute Gasteiger partial charge is 0.408 e. The van der Waals surface area contributed by atoms with Crippen molar-refractivity contribution in [2.45, 2.75) is 45.9 Å². The van der Waals surface area contributed by atoms with Crippen molar-refractivity contribution in [1.82, 2.24) is 25.0 Å². The first kappa shape index (κ1) is 31.6. The second-order valence-electron chi connectivity index (χ2n) is 10.7. The molecule has 0 aliphatic rings. The van der Waals surface area contributed by atoms with Crippen LogP contribution in [0, 0.1) is 17.1 Å². The monoisotopic (exact) mass is 577 g/mol. The lowest BCUT2D eigenvalue weighted by Gasteiger charge is -2.23. The Bertz CT molecular complexity index is 1530. The molecule has 3 amide bonds. The third-order valence-electron chi connectivity index (χ3n) is 5.82. The van der Waals surface area contributed by atoms with E-state index < -0.39 is 35.4 Å². The molecule has 14 heteroatoms. The van der Waals surface area contributed by atoms with Crippen molar-refractivity contribution in [2.24, 2.45) is 7.05 Å². The normalized spacial score (nSPS) is 11.7. The minimum Gasteiger partial charge on any atom is -0.482 e. The van der Waals surface area contributed by atoms with Crippen LogP contribution in [-0.4, -0.2) is 64.6 Å². The maximum Gasteiger partial charge on any atom is 0.408 e. The minimum absolute atomic E-state index is 0.0771. The fourth-order valence-corrected chi connectivity index (χ4v) is 3.92. The van der Waals surface area contributed by atoms with Gasteiger partial charge in [-0.1, -0.05) is 5.46 Å². The van der Waals surface area contributed by atoms with Crippen LogP contribution in [0.5, 0.6) is 5.75 Å². The first-order chi connectivity index (χ1) is 19.7. The third-order valence-corrected chi connectivity index (χ3v) is 5.82. The topological polar surface area (TPSA) is 151 Å². The van der Waals surface area contributed by atoms with Gasteiger partial charge in [0, 0.05) is 31.4 Å². The lowest BCUT2D eigenvalue weighted by molar-refractivity contribution is -0.115. The molecule has 0 spiro atoms. The summed E-state index contributed by atoms with van der Waals surface area (Å²) in [7, 11) is 4.99. The third kappa shape index (κ3) is 8.54. The molecule has 0 radical (unpaired) electrons. The number of carbonyl (C=O) groups excluding carboxylic acids is 3. The Hall–Kier alpha value is -4.93. The molecule has 2 N–H and O–H groups in total. The number of alkyl carbamates (subject to hydrolysis) is 1. The number of pyridine rings is 1. The maximum atomic E-state index is 14.4. The first-order valence-corrected chi connectivity index (χ1v) is 13.0. The second-order valence-corrected chi connectivity index (χ2v) is 10.7. The van der Waals surface area contributed by atoms with Crippen molar-refractivity contribution in [3.05, 3.63) is 64.9 Å². The number of hydrogen-bond acceptors (Lipinski definition) is 8. The van der Waals surface area contributed by atoms with E-state index >= 15 is 0 Å². The first-order valence-electron chi connectivity index (χ1n) is 13.0. The average Bonchev–Trinajstić information content (AvgIpc) is 3.26. The molecular weight excluding hydrogens is 544 g/mol. The molecule has 220 valence electrons. The van der Waals surface area contributed by atoms with E-state index in [1.165, 1.54) is 34.0 Å². The molecule has 0 fully saturated rings. The highest BCUT2D eigenvalue weighted by Gasteiger charge is 2.24. The van der Waals surface area contributed by atoms with Gasteiger partial charge in [-0.05, 0) is 58.0 Å². The Labute approximate surface area is 244 Å². The number of aryl methyl sites for hydroxylation is 1. The molecule has 1 atom stereocenters. The molecule has 0 saturated heterocycles. The molecule has 42 heavy (non-hydrogen) atoms. The summed E-state index contributed by atoms with van der Waals surface area (Å²) in [6, 6.07) is 9.03. The Kier molecular flexibility index (Phi) is 9.90. The van der Waals surface area contributed by atoms with Gasteiger partial charge in [-0.3, -0.25) is 14.3 Å². The summed E-state index contributed by atoms with van der Waals surface area (Å²) in [5, 5.41) is 18.4. The van der Waals surface area contributed by atoms with Gasteiger partial charge in [-0.25, -0.2) is 14.2 Å². The van der Waals surface area contributed by atoms with E-state index in [1.807, 2.05) is 6.07 Å². The van der Waals surface area contributed by atoms with Crippen LogP contribution >= 0.6 is 0 Å². The number of anilines is 1. The SMILES string of the molecule is Bc1cnc(NC(=O)CNC(=O)OC(C)(C)C)c(O[C@H](C)c2cc(F)ccc2C(=O)N(C)Cc2cc(C#N)n(C)n2)c1. The van der Waals surface area contributed by atoms with E-state index in [2.05, 4.69) is 20.7 Å². The number of amides is 3. The molecule has 0 saturated carbocycles. The fraction of sp³-hybridized carbons (Fsp3) is 0.357. The summed E-state index contributed by atoms with van der Waals surface area (Å²) in [5.41, 5.74) is 1.36. The van der Waals surface area contributed by atoms with Crippen LogP contribution in [0.2, 0.25) is 0 Å². The predicted molar refractivity (Wildman–Crippen MR) is 154 cm³/mol. The van der Waals surface area contributed by atoms with E-state index in [0.29, 0.717) is 11.4 Å². The number of nitrogens with zero attached hydrogens (tertiary/aromatic N) is 5. The van der Waals surface area contributed by atoms with Gasteiger partial charge in [0.1, 0.15) is 43.7 Å². The number of ether oxygens (including phenoxy) is 2. The molecule has 0 aliphatic heterocycles. The molecule has 0 aliphatic carbocycles. The standard InChI is InChI=1S/C28H33BFN7O5/c1-16(41-23-9-17(29)13-32-25(23)34-24(38)14-33-27(40)42-28(2,3)4)22-10-18(30)7-8-21(22)26(39)36(5)15-19-11-20(12-31)37(6)35-19/h7-11,13,16H,14-15,29H2,1-6H3,(H,33,40)(H,32,34,38)/t16-/m1/s1. The zero-order chi connectivity index (χ0) is 31.2. The van der Waals surface area contributed by atoms with Gasteiger partial charge < -0.3 is 25.0 Å². The van der Waals surface area contributed by atoms with Gasteiger partial charge in [-0.15, -0.1) is 0 Å². The van der Waals surface area contributed by atoms with Gasteiger partial charge >= 0.3 is 6.09 Å². The van der Waals surface area contributed by atoms with Crippen LogP contribution in [-0.2, 0) is 23.1 Å². The van der Waals surface area contributed by atoms with Gasteiger partial charge in [0.05, 0.1) is 12.2 Å². The minimum atomic E-state index is -0.841. The van der Waals surface area contributed by atoms with E-state index in [9.17, 15) is 24.0 Å². The van der Waals surface area contributed by atoms with Crippen molar-refractivity contribution >= 4 is 37.0 Å². The molecule has 0 bridgehead atoms. The molecule has 3 rings (SSSR count). The van der Waals surface area contributed by atoms with Gasteiger partial charge in [0.15, 0.2) is 11.6 Å². The van der Waals surface area contributed by atoms with Crippen molar-refractivity contribution in [3.8, 4) is 11.8 Å². The van der Waals surface area contributed by atoms with Crippen LogP contribution in [0.1, 0.15) is 61.1 Å². The number of nitrogens with one attached hydrogen (secondary N) is 2. The Morgan fingerprint density at radius 3 is 2.60 bits per heavy atom. The number of carbonyl (C=O) groups is 3. The van der Waals surface area contributed by atoms with Crippen molar-refractivity contribution in [3.63, 3.8) is 0 Å². The Morgan fingerprint density at radius 2 is 1.95 bits per heavy atom. The molecule has 12 nitrogen and oxygen atoms in total. The quantitative estimate of drug-likeness (QED) is 0.367. The summed E-state index contributed by atoms with van der Waals surface area (Å²) in [6.45, 7) is 6.50. The maximum absolute atomic E-state index is 14.4. The number of aromatic nitrogens is 3. The molecule has 0 unspecified atom stereocenters. The highest BCUT2D eigenvalue weighted by Crippen LogP contribution is 2.29. The molecule has 3 aromatic rings. The van der Waals surface area contributed by atoms with Crippen molar-refractivity contribution < 1.29 is 28.2 Å². The van der Waals surface area contributed by atoms with E-state index in [0.717, 1.165) is 5.46 Å². The summed E-state index contributed by atoms with van der Waals surface area (Å²) in [4.78, 5) is 43.5. The summed E-state index contributed by atoms with van der Waals surface area (Å²) in [6.07, 6.45) is -0.0655. The predicted octanol–water partition coefficient (Wildman–Crippen LogP) is 1.96. The molecule has 1 aromatic carbocycles. The zero-order valence-electron chi connectivity index (χ0n) is 24.6. The van der Waals surface area contributed by atoms with Crippen LogP contribution < -0.4 is 20.8 Å². The summed E-state index contributed by atoms with van der Waals surface area (Å²) >= 11 is 0. The number of rotatable bonds is 9. The van der Waals surface area contributed by atoms with Crippen LogP contribution in [0.4, 0.5) is 15.0 Å². The van der Waals surface area contributed by atoms with Crippen molar-refractivity contribution in [1.29, 1.82) is 5.26 Å². The molecular formula is C28H33BFN7O5. The zero-order valence-corrected chi connectivity index (χ0v) is 24.6. The lowest BCUT2D eigenvalue weighted by Crippen LogP contribution is -2.37. The van der Waals surface area contributed by atoms with Crippen LogP contribution in [0.25, 0.3) is 0 Å². The van der Waals surface area contributed by atoms with Crippen molar-refractivity contribution in [2.75, 3.05) is 18.9 Å². The van der Waals surface area contributed by atoms with E-state index in [1.54, 1.807) is 61.8 Å². The average molecular weight is 577 g/mol. The van der Waals surface area contributed by atoms with Crippen LogP contribution in [0.3, 0.4) is 0 Å². The highest BCUT2D eigenvalue weighted by molar-refractivity contribution is 6.32. The fourth-order valence-electron chi connectivity index (χ4n) is 3.92. The number of benzene rings is 1. The number of nitriles is 1. The van der Waals surface area contributed by atoms with E-state index in [-0.39, 0.29) is 35.8 Å². The molecule has 2 heterocycles. The van der Waals surface area contributed by atoms with Gasteiger partial charge in [-0.2, -0.15) is 10.4 Å². The van der Waals surface area contributed by atoms with Gasteiger partial charge in [0.2, 0.25) is 5.91 Å². The highest BCUT2D eigenvalue weighted by atomic mass is 19.1. The van der Waals surface area contributed by atoms with E-state index in [4.69, 9.17) is 9.47 Å². The Morgan fingerprint density at radius 1 is 1.24 bits per heavy atom. The number of hydrogen-bond donors (Lipinski definition) is 2. The lowest BCUT2D eigenvalue weighted by atomic mass is 9.98. The second kappa shape index (κ2) is 13.2. The molecule has 2 aromatic heterocycles. The summed E-state index contributed by atoms with van der Waals surface area (Å²) in [5.74, 6) is -1.29. The Balaban J connectivity index is 1.78. The summed E-state index contributed by atoms with van der Waals surface area (Å²) < 4.78 is 27.0. The van der Waals surface area contributed by atoms with Gasteiger partial charge in [0.25, 0.3) is 5.91 Å². The largest absolute Gasteiger partial charge is 0.482 e. The number of halogens is 1.